The molecule has 0 aliphatic carbocycles. The van der Waals surface area contributed by atoms with Crippen molar-refractivity contribution in [3.05, 3.63) is 35.1 Å². The maximum atomic E-state index is 13.7. The highest BCUT2D eigenvalue weighted by Gasteiger charge is 2.44. The predicted octanol–water partition coefficient (Wildman–Crippen LogP) is 1.53. The van der Waals surface area contributed by atoms with E-state index in [1.165, 1.54) is 12.1 Å². The van der Waals surface area contributed by atoms with Crippen LogP contribution in [0.2, 0.25) is 0 Å². The van der Waals surface area contributed by atoms with Crippen molar-refractivity contribution in [1.29, 1.82) is 5.26 Å². The number of rotatable bonds is 2. The molecule has 1 N–H and O–H groups in total. The number of nitriles is 1. The van der Waals surface area contributed by atoms with Crippen molar-refractivity contribution in [2.45, 2.75) is 25.9 Å². The fraction of sp³-hybridized carbons (Fsp3) is 0.308. The van der Waals surface area contributed by atoms with Crippen LogP contribution in [0, 0.1) is 17.1 Å². The summed E-state index contributed by atoms with van der Waals surface area (Å²) in [6, 6.07) is 5.21. The van der Waals surface area contributed by atoms with Gasteiger partial charge in [0.25, 0.3) is 5.91 Å². The molecule has 1 aliphatic rings. The second-order valence-corrected chi connectivity index (χ2v) is 4.86. The Morgan fingerprint density at radius 1 is 1.42 bits per heavy atom. The zero-order chi connectivity index (χ0) is 14.2. The Balaban J connectivity index is 2.25. The number of benzene rings is 1. The molecule has 1 aromatic carbocycles. The zero-order valence-corrected chi connectivity index (χ0v) is 10.5. The molecule has 0 radical (unpaired) electrons. The Morgan fingerprint density at radius 2 is 2.11 bits per heavy atom. The summed E-state index contributed by atoms with van der Waals surface area (Å²) in [6.07, 6.45) is 0. The van der Waals surface area contributed by atoms with Gasteiger partial charge in [-0.2, -0.15) is 5.26 Å². The van der Waals surface area contributed by atoms with E-state index in [1.807, 2.05) is 6.07 Å². The molecule has 0 atom stereocenters. The third-order valence-corrected chi connectivity index (χ3v) is 2.96. The van der Waals surface area contributed by atoms with E-state index in [9.17, 15) is 14.0 Å². The van der Waals surface area contributed by atoms with Crippen molar-refractivity contribution in [3.8, 4) is 6.07 Å². The Bertz CT molecular complexity index is 604. The van der Waals surface area contributed by atoms with Gasteiger partial charge in [0.05, 0.1) is 18.2 Å². The first kappa shape index (κ1) is 13.0. The molecule has 1 aliphatic heterocycles. The van der Waals surface area contributed by atoms with Crippen LogP contribution >= 0.6 is 0 Å². The van der Waals surface area contributed by atoms with Crippen LogP contribution in [0.3, 0.4) is 0 Å². The molecule has 6 heteroatoms. The summed E-state index contributed by atoms with van der Waals surface area (Å²) in [4.78, 5) is 24.6. The molecule has 5 nitrogen and oxygen atoms in total. The van der Waals surface area contributed by atoms with Crippen molar-refractivity contribution >= 4 is 11.9 Å². The Hall–Kier alpha value is -2.42. The normalized spacial score (nSPS) is 17.3. The predicted molar refractivity (Wildman–Crippen MR) is 64.3 cm³/mol. The molecule has 3 amide bonds. The largest absolute Gasteiger partial charge is 0.325 e. The lowest BCUT2D eigenvalue weighted by Crippen LogP contribution is -2.40. The maximum absolute atomic E-state index is 13.7. The second-order valence-electron chi connectivity index (χ2n) is 4.86. The van der Waals surface area contributed by atoms with Crippen molar-refractivity contribution in [2.75, 3.05) is 0 Å². The summed E-state index contributed by atoms with van der Waals surface area (Å²) in [7, 11) is 0. The Kier molecular flexibility index (Phi) is 2.98. The fourth-order valence-electron chi connectivity index (χ4n) is 1.88. The number of imide groups is 1. The monoisotopic (exact) mass is 261 g/mol. The first-order valence-corrected chi connectivity index (χ1v) is 5.68. The third kappa shape index (κ3) is 2.27. The molecule has 1 saturated heterocycles. The lowest BCUT2D eigenvalue weighted by molar-refractivity contribution is -0.130. The van der Waals surface area contributed by atoms with E-state index in [2.05, 4.69) is 5.32 Å². The Labute approximate surface area is 109 Å². The number of hydrogen-bond donors (Lipinski definition) is 1. The van der Waals surface area contributed by atoms with Gasteiger partial charge in [-0.15, -0.1) is 0 Å². The summed E-state index contributed by atoms with van der Waals surface area (Å²) < 4.78 is 13.7. The van der Waals surface area contributed by atoms with E-state index in [4.69, 9.17) is 5.26 Å². The molecule has 0 bridgehead atoms. The van der Waals surface area contributed by atoms with E-state index in [-0.39, 0.29) is 17.7 Å². The summed E-state index contributed by atoms with van der Waals surface area (Å²) in [5, 5.41) is 11.2. The quantitative estimate of drug-likeness (QED) is 0.820. The van der Waals surface area contributed by atoms with Gasteiger partial charge in [-0.1, -0.05) is 6.07 Å². The van der Waals surface area contributed by atoms with Crippen molar-refractivity contribution in [3.63, 3.8) is 0 Å². The highest BCUT2D eigenvalue weighted by atomic mass is 19.1. The number of urea groups is 1. The molecule has 0 aromatic heterocycles. The van der Waals surface area contributed by atoms with E-state index in [0.29, 0.717) is 0 Å². The maximum Gasteiger partial charge on any atom is 0.325 e. The van der Waals surface area contributed by atoms with Gasteiger partial charge in [-0.05, 0) is 26.0 Å². The highest BCUT2D eigenvalue weighted by Crippen LogP contribution is 2.20. The van der Waals surface area contributed by atoms with Gasteiger partial charge in [0.15, 0.2) is 0 Å². The molecule has 0 saturated carbocycles. The van der Waals surface area contributed by atoms with Gasteiger partial charge in [0, 0.05) is 5.56 Å². The minimum atomic E-state index is -0.972. The lowest BCUT2D eigenvalue weighted by Gasteiger charge is -2.16. The first-order chi connectivity index (χ1) is 8.85. The van der Waals surface area contributed by atoms with Gasteiger partial charge >= 0.3 is 6.03 Å². The smallest absolute Gasteiger partial charge is 0.324 e. The minimum Gasteiger partial charge on any atom is -0.324 e. The van der Waals surface area contributed by atoms with Gasteiger partial charge in [0.1, 0.15) is 11.4 Å². The summed E-state index contributed by atoms with van der Waals surface area (Å²) in [5.74, 6) is -1.01. The van der Waals surface area contributed by atoms with Gasteiger partial charge < -0.3 is 5.32 Å². The van der Waals surface area contributed by atoms with Crippen LogP contribution in [0.5, 0.6) is 0 Å². The number of carbonyl (C=O) groups excluding carboxylic acids is 2. The number of nitrogens with one attached hydrogen (secondary N) is 1. The average Bonchev–Trinajstić information content (AvgIpc) is 2.53. The second kappa shape index (κ2) is 4.35. The molecular weight excluding hydrogens is 249 g/mol. The van der Waals surface area contributed by atoms with Crippen LogP contribution in [-0.2, 0) is 11.3 Å². The number of carbonyl (C=O) groups is 2. The first-order valence-electron chi connectivity index (χ1n) is 5.68. The third-order valence-electron chi connectivity index (χ3n) is 2.96. The topological polar surface area (TPSA) is 73.2 Å². The zero-order valence-electron chi connectivity index (χ0n) is 10.5. The standard InChI is InChI=1S/C13H12FN3O2/c1-13(2)11(18)17(12(19)16-13)7-9-4-3-8(6-15)5-10(9)14/h3-5H,7H2,1-2H3,(H,16,19). The van der Waals surface area contributed by atoms with E-state index < -0.39 is 23.3 Å². The Morgan fingerprint density at radius 3 is 2.58 bits per heavy atom. The molecule has 0 spiro atoms. The SMILES string of the molecule is CC1(C)NC(=O)N(Cc2ccc(C#N)cc2F)C1=O. The van der Waals surface area contributed by atoms with Crippen LogP contribution in [0.4, 0.5) is 9.18 Å². The number of halogens is 1. The van der Waals surface area contributed by atoms with Crippen molar-refractivity contribution in [2.24, 2.45) is 0 Å². The highest BCUT2D eigenvalue weighted by molar-refractivity contribution is 6.06. The van der Waals surface area contributed by atoms with Crippen molar-refractivity contribution < 1.29 is 14.0 Å². The number of nitrogens with zero attached hydrogens (tertiary/aromatic N) is 2. The van der Waals surface area contributed by atoms with Gasteiger partial charge in [-0.25, -0.2) is 9.18 Å². The van der Waals surface area contributed by atoms with Gasteiger partial charge in [-0.3, -0.25) is 9.69 Å². The van der Waals surface area contributed by atoms with E-state index in [1.54, 1.807) is 13.8 Å². The number of amides is 3. The number of hydrogen-bond acceptors (Lipinski definition) is 3. The fourth-order valence-corrected chi connectivity index (χ4v) is 1.88. The van der Waals surface area contributed by atoms with E-state index in [0.717, 1.165) is 11.0 Å². The van der Waals surface area contributed by atoms with Crippen molar-refractivity contribution in [1.82, 2.24) is 10.2 Å². The molecule has 2 rings (SSSR count). The molecular formula is C13H12FN3O2. The van der Waals surface area contributed by atoms with Crippen LogP contribution < -0.4 is 5.32 Å². The van der Waals surface area contributed by atoms with E-state index >= 15 is 0 Å². The molecule has 0 unspecified atom stereocenters. The molecule has 1 aromatic rings. The molecule has 1 fully saturated rings. The van der Waals surface area contributed by atoms with Crippen LogP contribution in [0.15, 0.2) is 18.2 Å². The minimum absolute atomic E-state index is 0.147. The van der Waals surface area contributed by atoms with Gasteiger partial charge in [0.2, 0.25) is 0 Å². The van der Waals surface area contributed by atoms with Crippen LogP contribution in [0.25, 0.3) is 0 Å². The van der Waals surface area contributed by atoms with Crippen LogP contribution in [0.1, 0.15) is 25.0 Å². The lowest BCUT2D eigenvalue weighted by atomic mass is 10.1. The molecule has 98 valence electrons. The molecule has 1 heterocycles. The summed E-state index contributed by atoms with van der Waals surface area (Å²) >= 11 is 0. The molecule has 19 heavy (non-hydrogen) atoms. The summed E-state index contributed by atoms with van der Waals surface area (Å²) in [6.45, 7) is 3.02. The average molecular weight is 261 g/mol. The van der Waals surface area contributed by atoms with Crippen LogP contribution in [-0.4, -0.2) is 22.4 Å². The summed E-state index contributed by atoms with van der Waals surface area (Å²) in [5.41, 5.74) is -0.584.